The molecule has 0 saturated carbocycles. The molecule has 1 saturated heterocycles. The van der Waals surface area contributed by atoms with Gasteiger partial charge >= 0.3 is 0 Å². The van der Waals surface area contributed by atoms with Gasteiger partial charge in [-0.3, -0.25) is 0 Å². The Hall–Kier alpha value is -0.440. The van der Waals surface area contributed by atoms with Gasteiger partial charge in [0.2, 0.25) is 0 Å². The van der Waals surface area contributed by atoms with Crippen LogP contribution in [0.25, 0.3) is 0 Å². The zero-order valence-electron chi connectivity index (χ0n) is 9.45. The molecule has 0 unspecified atom stereocenters. The van der Waals surface area contributed by atoms with Gasteiger partial charge in [0.15, 0.2) is 0 Å². The first kappa shape index (κ1) is 13.6. The van der Waals surface area contributed by atoms with Crippen LogP contribution in [0.15, 0.2) is 18.2 Å². The lowest BCUT2D eigenvalue weighted by Crippen LogP contribution is -2.39. The van der Waals surface area contributed by atoms with E-state index >= 15 is 0 Å². The minimum Gasteiger partial charge on any atom is -0.370 e. The lowest BCUT2D eigenvalue weighted by Gasteiger charge is -2.32. The van der Waals surface area contributed by atoms with E-state index in [9.17, 15) is 0 Å². The van der Waals surface area contributed by atoms with E-state index in [2.05, 4.69) is 24.0 Å². The van der Waals surface area contributed by atoms with Crippen LogP contribution in [0.4, 0.5) is 5.69 Å². The highest BCUT2D eigenvalue weighted by Gasteiger charge is 2.17. The fourth-order valence-corrected chi connectivity index (χ4v) is 2.36. The van der Waals surface area contributed by atoms with Gasteiger partial charge in [-0.15, -0.1) is 12.4 Å². The smallest absolute Gasteiger partial charge is 0.0642 e. The van der Waals surface area contributed by atoms with Crippen LogP contribution in [0, 0.1) is 6.92 Å². The van der Waals surface area contributed by atoms with Crippen LogP contribution < -0.4 is 10.6 Å². The normalized spacial score (nSPS) is 17.1. The molecule has 0 bridgehead atoms. The fraction of sp³-hybridized carbons (Fsp3) is 0.500. The summed E-state index contributed by atoms with van der Waals surface area (Å²) in [6.07, 6.45) is 2.12. The van der Waals surface area contributed by atoms with Crippen LogP contribution in [0.5, 0.6) is 0 Å². The Balaban J connectivity index is 0.00000128. The molecule has 1 aliphatic rings. The molecule has 2 N–H and O–H groups in total. The molecule has 1 aromatic carbocycles. The van der Waals surface area contributed by atoms with Crippen LogP contribution in [0.1, 0.15) is 18.4 Å². The predicted octanol–water partition coefficient (Wildman–Crippen LogP) is 3.00. The van der Waals surface area contributed by atoms with E-state index in [1.54, 1.807) is 0 Å². The summed E-state index contributed by atoms with van der Waals surface area (Å²) in [7, 11) is 0. The van der Waals surface area contributed by atoms with Gasteiger partial charge in [-0.25, -0.2) is 0 Å². The van der Waals surface area contributed by atoms with Crippen molar-refractivity contribution in [3.05, 3.63) is 28.8 Å². The third-order valence-corrected chi connectivity index (χ3v) is 3.29. The number of benzene rings is 1. The summed E-state index contributed by atoms with van der Waals surface area (Å²) < 4.78 is 0. The number of halogens is 2. The van der Waals surface area contributed by atoms with Crippen molar-refractivity contribution in [2.45, 2.75) is 25.8 Å². The SMILES string of the molecule is Cc1ccc(N2CCC(N)CC2)c(Cl)c1.Cl. The van der Waals surface area contributed by atoms with Crippen molar-refractivity contribution < 1.29 is 0 Å². The van der Waals surface area contributed by atoms with Crippen molar-refractivity contribution in [2.24, 2.45) is 5.73 Å². The average Bonchev–Trinajstić information content (AvgIpc) is 2.20. The minimum absolute atomic E-state index is 0. The van der Waals surface area contributed by atoms with Gasteiger partial charge in [0.05, 0.1) is 10.7 Å². The highest BCUT2D eigenvalue weighted by Crippen LogP contribution is 2.28. The van der Waals surface area contributed by atoms with Gasteiger partial charge in [-0.05, 0) is 37.5 Å². The molecule has 4 heteroatoms. The lowest BCUT2D eigenvalue weighted by atomic mass is 10.1. The Bertz CT molecular complexity index is 347. The molecule has 1 aliphatic heterocycles. The van der Waals surface area contributed by atoms with Gasteiger partial charge < -0.3 is 10.6 Å². The van der Waals surface area contributed by atoms with Crippen LogP contribution >= 0.6 is 24.0 Å². The molecule has 0 aliphatic carbocycles. The average molecular weight is 261 g/mol. The van der Waals surface area contributed by atoms with Gasteiger partial charge in [0, 0.05) is 19.1 Å². The van der Waals surface area contributed by atoms with Crippen LogP contribution in [0.2, 0.25) is 5.02 Å². The number of aryl methyl sites for hydroxylation is 1. The van der Waals surface area contributed by atoms with E-state index < -0.39 is 0 Å². The van der Waals surface area contributed by atoms with E-state index in [1.807, 2.05) is 6.07 Å². The predicted molar refractivity (Wildman–Crippen MR) is 72.9 cm³/mol. The molecule has 0 radical (unpaired) electrons. The Morgan fingerprint density at radius 2 is 1.94 bits per heavy atom. The number of rotatable bonds is 1. The summed E-state index contributed by atoms with van der Waals surface area (Å²) in [6, 6.07) is 6.60. The largest absolute Gasteiger partial charge is 0.370 e. The topological polar surface area (TPSA) is 29.3 Å². The minimum atomic E-state index is 0. The highest BCUT2D eigenvalue weighted by atomic mass is 35.5. The number of piperidine rings is 1. The van der Waals surface area contributed by atoms with Crippen molar-refractivity contribution >= 4 is 29.7 Å². The van der Waals surface area contributed by atoms with Crippen LogP contribution in [0.3, 0.4) is 0 Å². The first-order chi connectivity index (χ1) is 7.16. The van der Waals surface area contributed by atoms with Gasteiger partial charge in [-0.1, -0.05) is 17.7 Å². The molecule has 0 amide bonds. The maximum Gasteiger partial charge on any atom is 0.0642 e. The third kappa shape index (κ3) is 3.03. The summed E-state index contributed by atoms with van der Waals surface area (Å²) >= 11 is 6.23. The van der Waals surface area contributed by atoms with E-state index in [4.69, 9.17) is 17.3 Å². The molecular formula is C12H18Cl2N2. The zero-order valence-corrected chi connectivity index (χ0v) is 11.0. The molecule has 16 heavy (non-hydrogen) atoms. The molecule has 0 spiro atoms. The molecular weight excluding hydrogens is 243 g/mol. The molecule has 1 aromatic rings. The number of nitrogens with two attached hydrogens (primary N) is 1. The number of hydrogen-bond acceptors (Lipinski definition) is 2. The second-order valence-corrected chi connectivity index (χ2v) is 4.69. The summed E-state index contributed by atoms with van der Waals surface area (Å²) in [5.74, 6) is 0. The Morgan fingerprint density at radius 1 is 1.31 bits per heavy atom. The summed E-state index contributed by atoms with van der Waals surface area (Å²) in [5.41, 5.74) is 8.23. The van der Waals surface area contributed by atoms with Gasteiger partial charge in [0.1, 0.15) is 0 Å². The Morgan fingerprint density at radius 3 is 2.50 bits per heavy atom. The molecule has 2 nitrogen and oxygen atoms in total. The maximum absolute atomic E-state index is 6.23. The second-order valence-electron chi connectivity index (χ2n) is 4.28. The van der Waals surface area contributed by atoms with Gasteiger partial charge in [0.25, 0.3) is 0 Å². The van der Waals surface area contributed by atoms with E-state index in [0.717, 1.165) is 36.6 Å². The standard InChI is InChI=1S/C12H17ClN2.ClH/c1-9-2-3-12(11(13)8-9)15-6-4-10(14)5-7-15;/h2-3,8,10H,4-7,14H2,1H3;1H. The van der Waals surface area contributed by atoms with Crippen LogP contribution in [-0.4, -0.2) is 19.1 Å². The van der Waals surface area contributed by atoms with Crippen molar-refractivity contribution in [3.8, 4) is 0 Å². The first-order valence-electron chi connectivity index (χ1n) is 5.43. The van der Waals surface area contributed by atoms with E-state index in [0.29, 0.717) is 6.04 Å². The number of anilines is 1. The Labute approximate surface area is 108 Å². The lowest BCUT2D eigenvalue weighted by molar-refractivity contribution is 0.501. The summed E-state index contributed by atoms with van der Waals surface area (Å²) in [4.78, 5) is 2.32. The molecule has 1 heterocycles. The quantitative estimate of drug-likeness (QED) is 0.842. The number of hydrogen-bond donors (Lipinski definition) is 1. The van der Waals surface area contributed by atoms with Gasteiger partial charge in [-0.2, -0.15) is 0 Å². The second kappa shape index (κ2) is 5.76. The van der Waals surface area contributed by atoms with Crippen molar-refractivity contribution in [2.75, 3.05) is 18.0 Å². The van der Waals surface area contributed by atoms with Crippen molar-refractivity contribution in [1.29, 1.82) is 0 Å². The molecule has 1 fully saturated rings. The molecule has 0 atom stereocenters. The fourth-order valence-electron chi connectivity index (χ4n) is 2.01. The number of nitrogens with zero attached hydrogens (tertiary/aromatic N) is 1. The zero-order chi connectivity index (χ0) is 10.8. The third-order valence-electron chi connectivity index (χ3n) is 2.98. The monoisotopic (exact) mass is 260 g/mol. The Kier molecular flexibility index (Phi) is 4.90. The molecule has 0 aromatic heterocycles. The van der Waals surface area contributed by atoms with Crippen LogP contribution in [-0.2, 0) is 0 Å². The van der Waals surface area contributed by atoms with Crippen molar-refractivity contribution in [3.63, 3.8) is 0 Å². The molecule has 90 valence electrons. The molecule has 2 rings (SSSR count). The highest BCUT2D eigenvalue weighted by molar-refractivity contribution is 6.33. The van der Waals surface area contributed by atoms with E-state index in [-0.39, 0.29) is 12.4 Å². The summed E-state index contributed by atoms with van der Waals surface area (Å²) in [6.45, 7) is 4.09. The summed E-state index contributed by atoms with van der Waals surface area (Å²) in [5, 5.41) is 0.852. The maximum atomic E-state index is 6.23. The first-order valence-corrected chi connectivity index (χ1v) is 5.81. The van der Waals surface area contributed by atoms with E-state index in [1.165, 1.54) is 5.56 Å². The van der Waals surface area contributed by atoms with Crippen molar-refractivity contribution in [1.82, 2.24) is 0 Å².